The molecule has 2 heterocycles. The van der Waals surface area contributed by atoms with Gasteiger partial charge >= 0.3 is 12.1 Å². The molecule has 0 amide bonds. The fourth-order valence-electron chi connectivity index (χ4n) is 3.03. The summed E-state index contributed by atoms with van der Waals surface area (Å²) in [6, 6.07) is 8.68. The zero-order valence-corrected chi connectivity index (χ0v) is 15.4. The van der Waals surface area contributed by atoms with Crippen LogP contribution in [-0.2, 0) is 22.3 Å². The van der Waals surface area contributed by atoms with Gasteiger partial charge in [-0.15, -0.1) is 0 Å². The number of carbonyl (C=O) groups is 1. The Morgan fingerprint density at radius 3 is 2.46 bits per heavy atom. The molecule has 28 heavy (non-hydrogen) atoms. The highest BCUT2D eigenvalue weighted by molar-refractivity contribution is 5.90. The second-order valence-electron chi connectivity index (χ2n) is 6.65. The average Bonchev–Trinajstić information content (AvgIpc) is 2.65. The summed E-state index contributed by atoms with van der Waals surface area (Å²) < 4.78 is 51.2. The van der Waals surface area contributed by atoms with E-state index in [9.17, 15) is 18.0 Å². The average molecular weight is 395 g/mol. The summed E-state index contributed by atoms with van der Waals surface area (Å²) in [4.78, 5) is 21.5. The van der Waals surface area contributed by atoms with E-state index in [0.29, 0.717) is 18.7 Å². The van der Waals surface area contributed by atoms with E-state index in [1.165, 1.54) is 0 Å². The Hall–Kier alpha value is -2.68. The molecule has 2 unspecified atom stereocenters. The number of hydrogen-bond acceptors (Lipinski definition) is 6. The van der Waals surface area contributed by atoms with Gasteiger partial charge in [-0.1, -0.05) is 30.3 Å². The summed E-state index contributed by atoms with van der Waals surface area (Å²) in [6.07, 6.45) is -4.28. The third-order valence-electron chi connectivity index (χ3n) is 4.18. The Kier molecular flexibility index (Phi) is 5.83. The fraction of sp³-hybridized carbons (Fsp3) is 0.421. The lowest BCUT2D eigenvalue weighted by molar-refractivity contribution is -0.141. The minimum atomic E-state index is -4.82. The minimum absolute atomic E-state index is 0.0889. The molecule has 2 aromatic rings. The number of halogens is 3. The lowest BCUT2D eigenvalue weighted by atomic mass is 10.2. The molecule has 1 aromatic heterocycles. The first kappa shape index (κ1) is 20.1. The predicted octanol–water partition coefficient (Wildman–Crippen LogP) is 3.47. The number of morpholine rings is 1. The lowest BCUT2D eigenvalue weighted by Crippen LogP contribution is -2.46. The molecule has 1 aliphatic rings. The van der Waals surface area contributed by atoms with Crippen molar-refractivity contribution in [3.8, 4) is 0 Å². The molecular weight excluding hydrogens is 375 g/mol. The van der Waals surface area contributed by atoms with E-state index in [1.807, 2.05) is 13.8 Å². The molecule has 1 saturated heterocycles. The van der Waals surface area contributed by atoms with Crippen molar-refractivity contribution in [2.75, 3.05) is 18.0 Å². The van der Waals surface area contributed by atoms with Crippen LogP contribution in [-0.4, -0.2) is 41.2 Å². The Labute approximate surface area is 160 Å². The summed E-state index contributed by atoms with van der Waals surface area (Å²) >= 11 is 0. The first-order valence-electron chi connectivity index (χ1n) is 8.79. The lowest BCUT2D eigenvalue weighted by Gasteiger charge is -2.35. The molecule has 0 N–H and O–H groups in total. The number of anilines is 1. The van der Waals surface area contributed by atoms with E-state index in [4.69, 9.17) is 9.47 Å². The van der Waals surface area contributed by atoms with Gasteiger partial charge < -0.3 is 14.4 Å². The van der Waals surface area contributed by atoms with Gasteiger partial charge in [-0.3, -0.25) is 0 Å². The van der Waals surface area contributed by atoms with Crippen molar-refractivity contribution >= 4 is 11.9 Å². The van der Waals surface area contributed by atoms with E-state index in [0.717, 1.165) is 6.20 Å². The SMILES string of the molecule is CC1CN(c2ncc(C(=O)OCc3ccccc3)c(C(F)(F)F)n2)CC(C)O1. The van der Waals surface area contributed by atoms with Crippen molar-refractivity contribution in [1.29, 1.82) is 0 Å². The van der Waals surface area contributed by atoms with Crippen LogP contribution in [0.15, 0.2) is 36.5 Å². The van der Waals surface area contributed by atoms with Gasteiger partial charge in [-0.25, -0.2) is 14.8 Å². The van der Waals surface area contributed by atoms with E-state index in [2.05, 4.69) is 9.97 Å². The summed E-state index contributed by atoms with van der Waals surface area (Å²) in [5.74, 6) is -1.21. The Bertz CT molecular complexity index is 820. The van der Waals surface area contributed by atoms with Gasteiger partial charge in [0.2, 0.25) is 5.95 Å². The molecule has 6 nitrogen and oxygen atoms in total. The third kappa shape index (κ3) is 4.78. The van der Waals surface area contributed by atoms with Gasteiger partial charge in [0, 0.05) is 19.3 Å². The Morgan fingerprint density at radius 1 is 1.21 bits per heavy atom. The molecule has 1 aliphatic heterocycles. The highest BCUT2D eigenvalue weighted by atomic mass is 19.4. The summed E-state index contributed by atoms with van der Waals surface area (Å²) in [7, 11) is 0. The zero-order chi connectivity index (χ0) is 20.3. The normalized spacial score (nSPS) is 20.1. The van der Waals surface area contributed by atoms with Crippen LogP contribution in [0.4, 0.5) is 19.1 Å². The number of carbonyl (C=O) groups excluding carboxylic acids is 1. The zero-order valence-electron chi connectivity index (χ0n) is 15.4. The highest BCUT2D eigenvalue weighted by Crippen LogP contribution is 2.32. The predicted molar refractivity (Wildman–Crippen MR) is 94.8 cm³/mol. The van der Waals surface area contributed by atoms with Gasteiger partial charge in [-0.05, 0) is 19.4 Å². The van der Waals surface area contributed by atoms with Crippen molar-refractivity contribution in [3.63, 3.8) is 0 Å². The molecule has 0 bridgehead atoms. The monoisotopic (exact) mass is 395 g/mol. The number of benzene rings is 1. The largest absolute Gasteiger partial charge is 0.457 e. The highest BCUT2D eigenvalue weighted by Gasteiger charge is 2.39. The van der Waals surface area contributed by atoms with Crippen LogP contribution < -0.4 is 4.90 Å². The standard InChI is InChI=1S/C19H20F3N3O3/c1-12-9-25(10-13(2)28-12)18-23-8-15(16(24-18)19(20,21)22)17(26)27-11-14-6-4-3-5-7-14/h3-8,12-13H,9-11H2,1-2H3. The summed E-state index contributed by atoms with van der Waals surface area (Å²) in [5, 5.41) is 0. The van der Waals surface area contributed by atoms with Crippen LogP contribution >= 0.6 is 0 Å². The van der Waals surface area contributed by atoms with Gasteiger partial charge in [0.05, 0.1) is 12.2 Å². The number of aromatic nitrogens is 2. The second-order valence-corrected chi connectivity index (χ2v) is 6.65. The van der Waals surface area contributed by atoms with E-state index < -0.39 is 23.4 Å². The van der Waals surface area contributed by atoms with Crippen LogP contribution in [0.5, 0.6) is 0 Å². The summed E-state index contributed by atoms with van der Waals surface area (Å²) in [6.45, 7) is 4.22. The van der Waals surface area contributed by atoms with Crippen molar-refractivity contribution < 1.29 is 27.4 Å². The minimum Gasteiger partial charge on any atom is -0.457 e. The quantitative estimate of drug-likeness (QED) is 0.739. The van der Waals surface area contributed by atoms with Crippen LogP contribution in [0.3, 0.4) is 0 Å². The van der Waals surface area contributed by atoms with Crippen LogP contribution in [0.25, 0.3) is 0 Å². The fourth-order valence-corrected chi connectivity index (χ4v) is 3.03. The maximum absolute atomic E-state index is 13.5. The van der Waals surface area contributed by atoms with Gasteiger partial charge in [0.1, 0.15) is 12.2 Å². The Balaban J connectivity index is 1.83. The maximum Gasteiger partial charge on any atom is 0.434 e. The molecule has 0 spiro atoms. The number of hydrogen-bond donors (Lipinski definition) is 0. The van der Waals surface area contributed by atoms with Gasteiger partial charge in [-0.2, -0.15) is 13.2 Å². The molecule has 0 saturated carbocycles. The van der Waals surface area contributed by atoms with E-state index in [1.54, 1.807) is 35.2 Å². The Morgan fingerprint density at radius 2 is 1.86 bits per heavy atom. The van der Waals surface area contributed by atoms with Crippen LogP contribution in [0.2, 0.25) is 0 Å². The number of nitrogens with zero attached hydrogens (tertiary/aromatic N) is 3. The van der Waals surface area contributed by atoms with Crippen LogP contribution in [0.1, 0.15) is 35.5 Å². The van der Waals surface area contributed by atoms with E-state index in [-0.39, 0.29) is 24.8 Å². The molecular formula is C19H20F3N3O3. The molecule has 150 valence electrons. The smallest absolute Gasteiger partial charge is 0.434 e. The number of alkyl halides is 3. The molecule has 1 aromatic carbocycles. The molecule has 1 fully saturated rings. The first-order valence-corrected chi connectivity index (χ1v) is 8.79. The molecule has 3 rings (SSSR count). The van der Waals surface area contributed by atoms with Crippen molar-refractivity contribution in [1.82, 2.24) is 9.97 Å². The van der Waals surface area contributed by atoms with Crippen LogP contribution in [0, 0.1) is 0 Å². The first-order chi connectivity index (χ1) is 13.2. The molecule has 0 aliphatic carbocycles. The topological polar surface area (TPSA) is 64.6 Å². The third-order valence-corrected chi connectivity index (χ3v) is 4.18. The maximum atomic E-state index is 13.5. The molecule has 9 heteroatoms. The van der Waals surface area contributed by atoms with Gasteiger partial charge in [0.25, 0.3) is 0 Å². The molecule has 0 radical (unpaired) electrons. The summed E-state index contributed by atoms with van der Waals surface area (Å²) in [5.41, 5.74) is -1.35. The second kappa shape index (κ2) is 8.14. The number of esters is 1. The van der Waals surface area contributed by atoms with Crippen molar-refractivity contribution in [2.45, 2.75) is 38.8 Å². The van der Waals surface area contributed by atoms with Crippen molar-refractivity contribution in [2.24, 2.45) is 0 Å². The number of rotatable bonds is 4. The van der Waals surface area contributed by atoms with Crippen molar-refractivity contribution in [3.05, 3.63) is 53.3 Å². The van der Waals surface area contributed by atoms with E-state index >= 15 is 0 Å². The molecule has 2 atom stereocenters. The van der Waals surface area contributed by atoms with Gasteiger partial charge in [0.15, 0.2) is 5.69 Å². The number of ether oxygens (including phenoxy) is 2.